The van der Waals surface area contributed by atoms with Crippen molar-refractivity contribution in [2.24, 2.45) is 17.3 Å². The number of hydrogen-bond donors (Lipinski definition) is 2. The molecule has 1 atom stereocenters. The van der Waals surface area contributed by atoms with Crippen molar-refractivity contribution in [3.63, 3.8) is 0 Å². The SMILES string of the molecule is C#CCCC1(CCNC(c2cc(Cl)c(OC)c(OC)c2)c2nnnn2C)N=N1.O=C(O)C(F)(F)F. The van der Waals surface area contributed by atoms with Gasteiger partial charge in [-0.15, -0.1) is 17.4 Å². The van der Waals surface area contributed by atoms with E-state index in [2.05, 4.69) is 37.0 Å². The van der Waals surface area contributed by atoms with Crippen LogP contribution in [-0.2, 0) is 11.8 Å². The summed E-state index contributed by atoms with van der Waals surface area (Å²) in [5.41, 5.74) is 0.486. The zero-order valence-electron chi connectivity index (χ0n) is 19.0. The number of aryl methyl sites for hydroxylation is 1. The zero-order chi connectivity index (χ0) is 26.2. The Kier molecular flexibility index (Phi) is 9.38. The van der Waals surface area contributed by atoms with E-state index in [9.17, 15) is 13.2 Å². The van der Waals surface area contributed by atoms with E-state index in [0.29, 0.717) is 35.3 Å². The molecule has 0 saturated carbocycles. The summed E-state index contributed by atoms with van der Waals surface area (Å²) in [6.07, 6.45) is 2.41. The molecule has 0 aliphatic carbocycles. The first-order valence-corrected chi connectivity index (χ1v) is 10.4. The molecule has 0 radical (unpaired) electrons. The van der Waals surface area contributed by atoms with E-state index in [-0.39, 0.29) is 11.7 Å². The summed E-state index contributed by atoms with van der Waals surface area (Å²) in [4.78, 5) is 8.90. The number of aromatic nitrogens is 4. The van der Waals surface area contributed by atoms with Crippen LogP contribution in [0.2, 0.25) is 5.02 Å². The number of nitrogens with one attached hydrogen (secondary N) is 1. The van der Waals surface area contributed by atoms with Gasteiger partial charge in [0.05, 0.1) is 25.3 Å². The summed E-state index contributed by atoms with van der Waals surface area (Å²) in [5.74, 6) is 1.54. The minimum Gasteiger partial charge on any atom is -0.493 e. The van der Waals surface area contributed by atoms with Crippen molar-refractivity contribution in [3.8, 4) is 23.8 Å². The lowest BCUT2D eigenvalue weighted by atomic mass is 10.0. The average Bonchev–Trinajstić information content (AvgIpc) is 3.45. The molecule has 2 aromatic rings. The molecule has 1 aromatic carbocycles. The lowest BCUT2D eigenvalue weighted by molar-refractivity contribution is -0.192. The number of nitrogens with zero attached hydrogens (tertiary/aromatic N) is 6. The molecule has 1 aliphatic heterocycles. The highest BCUT2D eigenvalue weighted by atomic mass is 35.5. The van der Waals surface area contributed by atoms with Crippen LogP contribution in [0.5, 0.6) is 11.5 Å². The lowest BCUT2D eigenvalue weighted by Gasteiger charge is -2.21. The second-order valence-corrected chi connectivity index (χ2v) is 7.63. The van der Waals surface area contributed by atoms with Crippen molar-refractivity contribution in [3.05, 3.63) is 28.5 Å². The number of halogens is 4. The van der Waals surface area contributed by atoms with Crippen LogP contribution < -0.4 is 14.8 Å². The maximum atomic E-state index is 10.6. The summed E-state index contributed by atoms with van der Waals surface area (Å²) < 4.78 is 44.1. The van der Waals surface area contributed by atoms with Gasteiger partial charge in [-0.3, -0.25) is 0 Å². The number of alkyl halides is 3. The smallest absolute Gasteiger partial charge is 0.490 e. The highest BCUT2D eigenvalue weighted by Crippen LogP contribution is 2.39. The molecular weight excluding hydrogens is 495 g/mol. The molecule has 1 aromatic heterocycles. The second kappa shape index (κ2) is 11.8. The van der Waals surface area contributed by atoms with Crippen molar-refractivity contribution in [1.29, 1.82) is 0 Å². The van der Waals surface area contributed by atoms with E-state index in [4.69, 9.17) is 37.4 Å². The Hall–Kier alpha value is -3.44. The fraction of sp³-hybridized carbons (Fsp3) is 0.500. The molecule has 0 spiro atoms. The maximum Gasteiger partial charge on any atom is 0.490 e. The van der Waals surface area contributed by atoms with Gasteiger partial charge in [-0.2, -0.15) is 23.4 Å². The molecule has 3 rings (SSSR count). The Bertz CT molecular complexity index is 1100. The molecular formula is C20H23ClF3N7O4. The second-order valence-electron chi connectivity index (χ2n) is 7.23. The monoisotopic (exact) mass is 517 g/mol. The number of carbonyl (C=O) groups is 1. The van der Waals surface area contributed by atoms with E-state index in [0.717, 1.165) is 18.4 Å². The van der Waals surface area contributed by atoms with E-state index < -0.39 is 12.1 Å². The number of rotatable bonds is 10. The molecule has 1 unspecified atom stereocenters. The highest BCUT2D eigenvalue weighted by Gasteiger charge is 2.39. The van der Waals surface area contributed by atoms with Gasteiger partial charge >= 0.3 is 12.1 Å². The molecule has 35 heavy (non-hydrogen) atoms. The first-order valence-electron chi connectivity index (χ1n) is 10.0. The third kappa shape index (κ3) is 7.52. The van der Waals surface area contributed by atoms with Gasteiger partial charge in [-0.25, -0.2) is 9.48 Å². The highest BCUT2D eigenvalue weighted by molar-refractivity contribution is 6.32. The fourth-order valence-corrected chi connectivity index (χ4v) is 3.32. The van der Waals surface area contributed by atoms with Crippen LogP contribution in [0.25, 0.3) is 0 Å². The molecule has 2 heterocycles. The molecule has 0 amide bonds. The predicted octanol–water partition coefficient (Wildman–Crippen LogP) is 3.16. The summed E-state index contributed by atoms with van der Waals surface area (Å²) >= 11 is 6.39. The Morgan fingerprint density at radius 1 is 1.31 bits per heavy atom. The van der Waals surface area contributed by atoms with Crippen molar-refractivity contribution < 1.29 is 32.5 Å². The first-order chi connectivity index (χ1) is 16.5. The Balaban J connectivity index is 0.000000540. The number of benzene rings is 1. The van der Waals surface area contributed by atoms with Crippen LogP contribution in [0.3, 0.4) is 0 Å². The lowest BCUT2D eigenvalue weighted by Crippen LogP contribution is -2.29. The largest absolute Gasteiger partial charge is 0.493 e. The molecule has 0 fully saturated rings. The van der Waals surface area contributed by atoms with Crippen LogP contribution in [-0.4, -0.2) is 63.9 Å². The summed E-state index contributed by atoms with van der Waals surface area (Å²) in [5, 5.41) is 31.2. The van der Waals surface area contributed by atoms with E-state index in [1.807, 2.05) is 12.1 Å². The third-order valence-electron chi connectivity index (χ3n) is 4.87. The number of methoxy groups -OCH3 is 2. The van der Waals surface area contributed by atoms with Crippen LogP contribution in [0.4, 0.5) is 13.2 Å². The topological polar surface area (TPSA) is 136 Å². The van der Waals surface area contributed by atoms with Crippen LogP contribution in [0.15, 0.2) is 22.4 Å². The van der Waals surface area contributed by atoms with Crippen molar-refractivity contribution in [1.82, 2.24) is 25.5 Å². The van der Waals surface area contributed by atoms with Gasteiger partial charge in [0.1, 0.15) is 0 Å². The molecule has 0 bridgehead atoms. The van der Waals surface area contributed by atoms with Gasteiger partial charge in [0, 0.05) is 32.9 Å². The number of tetrazole rings is 1. The van der Waals surface area contributed by atoms with E-state index in [1.165, 1.54) is 0 Å². The predicted molar refractivity (Wildman–Crippen MR) is 117 cm³/mol. The van der Waals surface area contributed by atoms with Gasteiger partial charge in [-0.05, 0) is 28.1 Å². The quantitative estimate of drug-likeness (QED) is 0.459. The number of ether oxygens (including phenoxy) is 2. The minimum absolute atomic E-state index is 0.305. The molecule has 11 nitrogen and oxygen atoms in total. The molecule has 190 valence electrons. The van der Waals surface area contributed by atoms with E-state index >= 15 is 0 Å². The van der Waals surface area contributed by atoms with Gasteiger partial charge in [0.25, 0.3) is 0 Å². The number of hydrogen-bond acceptors (Lipinski definition) is 9. The normalized spacial score (nSPS) is 14.3. The van der Waals surface area contributed by atoms with Crippen molar-refractivity contribution in [2.45, 2.75) is 37.1 Å². The number of terminal acetylenes is 1. The maximum absolute atomic E-state index is 10.6. The van der Waals surface area contributed by atoms with Crippen molar-refractivity contribution in [2.75, 3.05) is 20.8 Å². The van der Waals surface area contributed by atoms with Crippen LogP contribution in [0, 0.1) is 12.3 Å². The molecule has 0 saturated heterocycles. The van der Waals surface area contributed by atoms with Gasteiger partial charge < -0.3 is 19.9 Å². The number of aliphatic carboxylic acids is 1. The summed E-state index contributed by atoms with van der Waals surface area (Å²) in [6, 6.07) is 3.37. The number of carboxylic acids is 1. The van der Waals surface area contributed by atoms with Gasteiger partial charge in [0.15, 0.2) is 23.0 Å². The molecule has 15 heteroatoms. The van der Waals surface area contributed by atoms with E-state index in [1.54, 1.807) is 25.9 Å². The number of carboxylic acid groups (broad SMARTS) is 1. The van der Waals surface area contributed by atoms with Crippen LogP contribution in [0.1, 0.15) is 36.7 Å². The fourth-order valence-electron chi connectivity index (χ4n) is 3.03. The third-order valence-corrected chi connectivity index (χ3v) is 5.15. The van der Waals surface area contributed by atoms with Crippen molar-refractivity contribution >= 4 is 17.6 Å². The minimum atomic E-state index is -5.08. The van der Waals surface area contributed by atoms with Gasteiger partial charge in [0.2, 0.25) is 0 Å². The Morgan fingerprint density at radius 3 is 2.43 bits per heavy atom. The first kappa shape index (κ1) is 27.8. The van der Waals surface area contributed by atoms with Gasteiger partial charge in [-0.1, -0.05) is 11.6 Å². The zero-order valence-corrected chi connectivity index (χ0v) is 19.8. The Labute approximate surface area is 203 Å². The van der Waals surface area contributed by atoms with Crippen LogP contribution >= 0.6 is 11.6 Å². The summed E-state index contributed by atoms with van der Waals surface area (Å²) in [6.45, 7) is 0.640. The average molecular weight is 518 g/mol. The molecule has 1 aliphatic rings. The summed E-state index contributed by atoms with van der Waals surface area (Å²) in [7, 11) is 4.89. The standard InChI is InChI=1S/C18H22ClN7O2.C2HF3O2/c1-5-6-7-18(22-23-18)8-9-20-15(17-21-24-25-26(17)2)12-10-13(19)16(28-4)14(11-12)27-3;3-2(4,5)1(6)7/h1,10-11,15,20H,6-9H2,2-4H3;(H,6,7). The molecule has 2 N–H and O–H groups in total. The Morgan fingerprint density at radius 2 is 1.97 bits per heavy atom.